The SMILES string of the molecule is CCc1nsc(NCCn2cccc2)n1. The van der Waals surface area contributed by atoms with Gasteiger partial charge in [0.2, 0.25) is 5.13 Å². The highest BCUT2D eigenvalue weighted by Gasteiger charge is 2.00. The third-order valence-electron chi connectivity index (χ3n) is 2.10. The molecule has 0 saturated heterocycles. The van der Waals surface area contributed by atoms with Crippen LogP contribution in [0, 0.1) is 0 Å². The third kappa shape index (κ3) is 2.79. The van der Waals surface area contributed by atoms with Gasteiger partial charge in [-0.15, -0.1) is 0 Å². The molecule has 2 heterocycles. The maximum Gasteiger partial charge on any atom is 0.202 e. The Labute approximate surface area is 93.1 Å². The molecule has 0 atom stereocenters. The number of aromatic nitrogens is 3. The second kappa shape index (κ2) is 4.93. The second-order valence-electron chi connectivity index (χ2n) is 3.22. The summed E-state index contributed by atoms with van der Waals surface area (Å²) < 4.78 is 6.35. The molecule has 0 spiro atoms. The lowest BCUT2D eigenvalue weighted by atomic mass is 10.5. The minimum absolute atomic E-state index is 0.882. The van der Waals surface area contributed by atoms with Gasteiger partial charge in [-0.2, -0.15) is 4.37 Å². The monoisotopic (exact) mass is 222 g/mol. The summed E-state index contributed by atoms with van der Waals surface area (Å²) >= 11 is 1.43. The van der Waals surface area contributed by atoms with Gasteiger partial charge in [0.25, 0.3) is 0 Å². The van der Waals surface area contributed by atoms with E-state index >= 15 is 0 Å². The van der Waals surface area contributed by atoms with Gasteiger partial charge in [0.05, 0.1) is 0 Å². The van der Waals surface area contributed by atoms with Gasteiger partial charge in [-0.3, -0.25) is 0 Å². The van der Waals surface area contributed by atoms with Crippen molar-refractivity contribution in [1.29, 1.82) is 0 Å². The molecule has 0 aliphatic rings. The maximum absolute atomic E-state index is 4.33. The normalized spacial score (nSPS) is 10.5. The first-order valence-corrected chi connectivity index (χ1v) is 5.83. The van der Waals surface area contributed by atoms with Crippen LogP contribution in [0.5, 0.6) is 0 Å². The molecular formula is C10H14N4S. The molecule has 4 nitrogen and oxygen atoms in total. The smallest absolute Gasteiger partial charge is 0.202 e. The van der Waals surface area contributed by atoms with Crippen LogP contribution in [0.15, 0.2) is 24.5 Å². The fourth-order valence-corrected chi connectivity index (χ4v) is 1.96. The summed E-state index contributed by atoms with van der Waals surface area (Å²) in [5.41, 5.74) is 0. The van der Waals surface area contributed by atoms with Crippen LogP contribution in [0.3, 0.4) is 0 Å². The zero-order valence-electron chi connectivity index (χ0n) is 8.68. The van der Waals surface area contributed by atoms with E-state index in [4.69, 9.17) is 0 Å². The number of anilines is 1. The van der Waals surface area contributed by atoms with E-state index in [1.165, 1.54) is 11.5 Å². The summed E-state index contributed by atoms with van der Waals surface area (Å²) in [5, 5.41) is 4.18. The first-order chi connectivity index (χ1) is 7.38. The average Bonchev–Trinajstić information content (AvgIpc) is 2.88. The molecule has 1 N–H and O–H groups in total. The zero-order chi connectivity index (χ0) is 10.5. The Morgan fingerprint density at radius 1 is 1.40 bits per heavy atom. The lowest BCUT2D eigenvalue weighted by Crippen LogP contribution is -2.08. The van der Waals surface area contributed by atoms with Crippen molar-refractivity contribution in [1.82, 2.24) is 13.9 Å². The Morgan fingerprint density at radius 2 is 2.20 bits per heavy atom. The molecule has 80 valence electrons. The van der Waals surface area contributed by atoms with E-state index < -0.39 is 0 Å². The van der Waals surface area contributed by atoms with Crippen LogP contribution in [0.1, 0.15) is 12.7 Å². The highest BCUT2D eigenvalue weighted by molar-refractivity contribution is 7.09. The van der Waals surface area contributed by atoms with E-state index in [0.717, 1.165) is 30.5 Å². The quantitative estimate of drug-likeness (QED) is 0.841. The topological polar surface area (TPSA) is 42.7 Å². The molecule has 15 heavy (non-hydrogen) atoms. The van der Waals surface area contributed by atoms with Crippen molar-refractivity contribution in [2.45, 2.75) is 19.9 Å². The Hall–Kier alpha value is -1.36. The number of aryl methyl sites for hydroxylation is 1. The Balaban J connectivity index is 1.78. The van der Waals surface area contributed by atoms with E-state index in [1.807, 2.05) is 12.1 Å². The van der Waals surface area contributed by atoms with Gasteiger partial charge in [-0.1, -0.05) is 6.92 Å². The third-order valence-corrected chi connectivity index (χ3v) is 2.81. The Morgan fingerprint density at radius 3 is 2.87 bits per heavy atom. The Kier molecular flexibility index (Phi) is 3.34. The molecule has 2 rings (SSSR count). The number of rotatable bonds is 5. The molecular weight excluding hydrogens is 208 g/mol. The first kappa shape index (κ1) is 10.2. The standard InChI is InChI=1S/C10H14N4S/c1-2-9-12-10(15-13-9)11-5-8-14-6-3-4-7-14/h3-4,6-7H,2,5,8H2,1H3,(H,11,12,13). The molecule has 0 bridgehead atoms. The minimum Gasteiger partial charge on any atom is -0.358 e. The predicted molar refractivity (Wildman–Crippen MR) is 62.2 cm³/mol. The molecule has 2 aromatic heterocycles. The average molecular weight is 222 g/mol. The molecule has 5 heteroatoms. The second-order valence-corrected chi connectivity index (χ2v) is 3.97. The van der Waals surface area contributed by atoms with Gasteiger partial charge < -0.3 is 9.88 Å². The molecule has 0 saturated carbocycles. The molecule has 0 aliphatic carbocycles. The summed E-state index contributed by atoms with van der Waals surface area (Å²) in [4.78, 5) is 4.33. The number of hydrogen-bond donors (Lipinski definition) is 1. The van der Waals surface area contributed by atoms with Crippen LogP contribution in [0.4, 0.5) is 5.13 Å². The zero-order valence-corrected chi connectivity index (χ0v) is 9.50. The van der Waals surface area contributed by atoms with Gasteiger partial charge >= 0.3 is 0 Å². The minimum atomic E-state index is 0.882. The summed E-state index contributed by atoms with van der Waals surface area (Å²) in [6.07, 6.45) is 5.01. The summed E-state index contributed by atoms with van der Waals surface area (Å²) in [6.45, 7) is 3.90. The van der Waals surface area contributed by atoms with Crippen molar-refractivity contribution in [3.8, 4) is 0 Å². The predicted octanol–water partition coefficient (Wildman–Crippen LogP) is 2.01. The fourth-order valence-electron chi connectivity index (χ4n) is 1.28. The van der Waals surface area contributed by atoms with Crippen molar-refractivity contribution < 1.29 is 0 Å². The summed E-state index contributed by atoms with van der Waals surface area (Å²) in [6, 6.07) is 4.06. The molecule has 0 radical (unpaired) electrons. The van der Waals surface area contributed by atoms with E-state index in [1.54, 1.807) is 0 Å². The van der Waals surface area contributed by atoms with E-state index in [9.17, 15) is 0 Å². The lowest BCUT2D eigenvalue weighted by molar-refractivity contribution is 0.732. The number of nitrogens with one attached hydrogen (secondary N) is 1. The molecule has 0 unspecified atom stereocenters. The largest absolute Gasteiger partial charge is 0.358 e. The van der Waals surface area contributed by atoms with Gasteiger partial charge in [0, 0.05) is 43.4 Å². The first-order valence-electron chi connectivity index (χ1n) is 5.05. The maximum atomic E-state index is 4.33. The van der Waals surface area contributed by atoms with Gasteiger partial charge in [0.1, 0.15) is 5.82 Å². The van der Waals surface area contributed by atoms with Crippen LogP contribution >= 0.6 is 11.5 Å². The lowest BCUT2D eigenvalue weighted by Gasteiger charge is -2.02. The van der Waals surface area contributed by atoms with Crippen LogP contribution in [0.2, 0.25) is 0 Å². The van der Waals surface area contributed by atoms with Crippen LogP contribution < -0.4 is 5.32 Å². The van der Waals surface area contributed by atoms with Crippen molar-refractivity contribution in [3.63, 3.8) is 0 Å². The molecule has 0 amide bonds. The van der Waals surface area contributed by atoms with Crippen LogP contribution in [-0.2, 0) is 13.0 Å². The summed E-state index contributed by atoms with van der Waals surface area (Å²) in [7, 11) is 0. The highest BCUT2D eigenvalue weighted by atomic mass is 32.1. The fraction of sp³-hybridized carbons (Fsp3) is 0.400. The number of hydrogen-bond acceptors (Lipinski definition) is 4. The van der Waals surface area contributed by atoms with E-state index in [2.05, 4.69) is 38.6 Å². The molecule has 0 aromatic carbocycles. The highest BCUT2D eigenvalue weighted by Crippen LogP contribution is 2.10. The van der Waals surface area contributed by atoms with E-state index in [0.29, 0.717) is 0 Å². The summed E-state index contributed by atoms with van der Waals surface area (Å²) in [5.74, 6) is 0.920. The van der Waals surface area contributed by atoms with Gasteiger partial charge in [-0.25, -0.2) is 4.98 Å². The van der Waals surface area contributed by atoms with Crippen LogP contribution in [-0.4, -0.2) is 20.5 Å². The van der Waals surface area contributed by atoms with Gasteiger partial charge in [0.15, 0.2) is 0 Å². The molecule has 0 aliphatic heterocycles. The van der Waals surface area contributed by atoms with Crippen molar-refractivity contribution in [2.75, 3.05) is 11.9 Å². The van der Waals surface area contributed by atoms with E-state index in [-0.39, 0.29) is 0 Å². The molecule has 2 aromatic rings. The van der Waals surface area contributed by atoms with Crippen LogP contribution in [0.25, 0.3) is 0 Å². The molecule has 0 fully saturated rings. The van der Waals surface area contributed by atoms with Crippen molar-refractivity contribution in [3.05, 3.63) is 30.4 Å². The van der Waals surface area contributed by atoms with Gasteiger partial charge in [-0.05, 0) is 12.1 Å². The van der Waals surface area contributed by atoms with Crippen molar-refractivity contribution >= 4 is 16.7 Å². The number of nitrogens with zero attached hydrogens (tertiary/aromatic N) is 3. The Bertz CT molecular complexity index is 393. The van der Waals surface area contributed by atoms with Crippen molar-refractivity contribution in [2.24, 2.45) is 0 Å².